The number of nitrogens with one attached hydrogen (secondary N) is 1. The van der Waals surface area contributed by atoms with Gasteiger partial charge in [-0.2, -0.15) is 0 Å². The summed E-state index contributed by atoms with van der Waals surface area (Å²) in [6.45, 7) is 15.8. The normalized spacial score (nSPS) is 12.9. The highest BCUT2D eigenvalue weighted by Gasteiger charge is 2.20. The molecule has 0 aliphatic carbocycles. The number of rotatable bonds is 8. The molecule has 0 spiro atoms. The molecule has 0 bridgehead atoms. The summed E-state index contributed by atoms with van der Waals surface area (Å²) in [5, 5.41) is 2.93. The van der Waals surface area contributed by atoms with E-state index in [-0.39, 0.29) is 16.7 Å². The van der Waals surface area contributed by atoms with Gasteiger partial charge in [0, 0.05) is 0 Å². The fraction of sp³-hybridized carbons (Fsp3) is 0.500. The van der Waals surface area contributed by atoms with Gasteiger partial charge < -0.3 is 14.8 Å². The Bertz CT molecular complexity index is 813. The van der Waals surface area contributed by atoms with E-state index in [0.29, 0.717) is 25.3 Å². The minimum atomic E-state index is -0.521. The number of benzene rings is 2. The molecule has 0 saturated heterocycles. The van der Waals surface area contributed by atoms with Crippen LogP contribution in [0, 0.1) is 0 Å². The van der Waals surface area contributed by atoms with Crippen molar-refractivity contribution >= 4 is 5.91 Å². The SMILES string of the molecule is CC[C@H](Oc1ccc(C(C)(C)C)cc1)C(=O)NCCOc1ccccc1C(C)(C)C. The highest BCUT2D eigenvalue weighted by Crippen LogP contribution is 2.30. The van der Waals surface area contributed by atoms with E-state index in [2.05, 4.69) is 65.1 Å². The van der Waals surface area contributed by atoms with Crippen molar-refractivity contribution < 1.29 is 14.3 Å². The van der Waals surface area contributed by atoms with E-state index in [1.165, 1.54) is 5.56 Å². The molecule has 4 nitrogen and oxygen atoms in total. The Morgan fingerprint density at radius 3 is 2.13 bits per heavy atom. The van der Waals surface area contributed by atoms with Gasteiger partial charge in [0.15, 0.2) is 6.10 Å². The third-order valence-corrected chi connectivity index (χ3v) is 5.02. The van der Waals surface area contributed by atoms with E-state index in [9.17, 15) is 4.79 Å². The molecule has 0 unspecified atom stereocenters. The summed E-state index contributed by atoms with van der Waals surface area (Å²) in [5.41, 5.74) is 2.49. The number of para-hydroxylation sites is 1. The van der Waals surface area contributed by atoms with E-state index in [1.54, 1.807) is 0 Å². The molecule has 164 valence electrons. The van der Waals surface area contributed by atoms with Gasteiger partial charge in [-0.3, -0.25) is 4.79 Å². The second-order valence-electron chi connectivity index (χ2n) is 9.67. The summed E-state index contributed by atoms with van der Waals surface area (Å²) in [4.78, 5) is 12.6. The van der Waals surface area contributed by atoms with E-state index in [1.807, 2.05) is 37.3 Å². The predicted molar refractivity (Wildman–Crippen MR) is 123 cm³/mol. The van der Waals surface area contributed by atoms with Gasteiger partial charge in [0.1, 0.15) is 18.1 Å². The van der Waals surface area contributed by atoms with Crippen molar-refractivity contribution in [3.8, 4) is 11.5 Å². The maximum atomic E-state index is 12.6. The van der Waals surface area contributed by atoms with E-state index in [4.69, 9.17) is 9.47 Å². The number of hydrogen-bond acceptors (Lipinski definition) is 3. The molecule has 0 heterocycles. The van der Waals surface area contributed by atoms with Gasteiger partial charge in [0.25, 0.3) is 5.91 Å². The van der Waals surface area contributed by atoms with Crippen LogP contribution in [0.4, 0.5) is 0 Å². The van der Waals surface area contributed by atoms with Crippen LogP contribution in [0.2, 0.25) is 0 Å². The molecule has 0 fully saturated rings. The van der Waals surface area contributed by atoms with Crippen LogP contribution in [-0.2, 0) is 15.6 Å². The zero-order valence-electron chi connectivity index (χ0n) is 19.5. The maximum absolute atomic E-state index is 12.6. The van der Waals surface area contributed by atoms with E-state index in [0.717, 1.165) is 11.3 Å². The van der Waals surface area contributed by atoms with Crippen molar-refractivity contribution in [2.24, 2.45) is 0 Å². The summed E-state index contributed by atoms with van der Waals surface area (Å²) in [7, 11) is 0. The molecule has 4 heteroatoms. The van der Waals surface area contributed by atoms with Crippen LogP contribution in [0.5, 0.6) is 11.5 Å². The molecular formula is C26H37NO3. The fourth-order valence-electron chi connectivity index (χ4n) is 3.18. The lowest BCUT2D eigenvalue weighted by molar-refractivity contribution is -0.128. The lowest BCUT2D eigenvalue weighted by Crippen LogP contribution is -2.39. The minimum absolute atomic E-state index is 0.00350. The van der Waals surface area contributed by atoms with Gasteiger partial charge >= 0.3 is 0 Å². The molecule has 1 atom stereocenters. The van der Waals surface area contributed by atoms with Crippen molar-refractivity contribution in [3.05, 3.63) is 59.7 Å². The quantitative estimate of drug-likeness (QED) is 0.572. The zero-order valence-corrected chi connectivity index (χ0v) is 19.5. The van der Waals surface area contributed by atoms with Crippen molar-refractivity contribution in [2.75, 3.05) is 13.2 Å². The summed E-state index contributed by atoms with van der Waals surface area (Å²) in [6.07, 6.45) is 0.0768. The van der Waals surface area contributed by atoms with E-state index < -0.39 is 6.10 Å². The standard InChI is InChI=1S/C26H37NO3/c1-8-22(30-20-15-13-19(14-16-20)25(2,3)4)24(28)27-17-18-29-23-12-10-9-11-21(23)26(5,6)7/h9-16,22H,8,17-18H2,1-7H3,(H,27,28)/t22-/m0/s1. The second kappa shape index (κ2) is 10.0. The van der Waals surface area contributed by atoms with E-state index >= 15 is 0 Å². The first kappa shape index (κ1) is 23.8. The van der Waals surface area contributed by atoms with Crippen molar-refractivity contribution in [2.45, 2.75) is 71.8 Å². The Labute approximate surface area is 182 Å². The first-order valence-electron chi connectivity index (χ1n) is 10.8. The maximum Gasteiger partial charge on any atom is 0.261 e. The van der Waals surface area contributed by atoms with Gasteiger partial charge in [-0.15, -0.1) is 0 Å². The summed E-state index contributed by atoms with van der Waals surface area (Å²) < 4.78 is 11.9. The van der Waals surface area contributed by atoms with Crippen LogP contribution < -0.4 is 14.8 Å². The molecule has 30 heavy (non-hydrogen) atoms. The first-order valence-corrected chi connectivity index (χ1v) is 10.8. The molecule has 2 rings (SSSR count). The predicted octanol–water partition coefficient (Wildman–Crippen LogP) is 5.63. The molecule has 0 aliphatic heterocycles. The number of hydrogen-bond donors (Lipinski definition) is 1. The molecule has 0 aliphatic rings. The van der Waals surface area contributed by atoms with Crippen molar-refractivity contribution in [1.29, 1.82) is 0 Å². The number of amides is 1. The average molecular weight is 412 g/mol. The summed E-state index contributed by atoms with van der Waals surface area (Å²) in [5.74, 6) is 1.45. The Morgan fingerprint density at radius 1 is 0.933 bits per heavy atom. The summed E-state index contributed by atoms with van der Waals surface area (Å²) in [6, 6.07) is 16.0. The molecule has 0 aromatic heterocycles. The lowest BCUT2D eigenvalue weighted by Gasteiger charge is -2.23. The highest BCUT2D eigenvalue weighted by atomic mass is 16.5. The molecule has 0 saturated carbocycles. The summed E-state index contributed by atoms with van der Waals surface area (Å²) >= 11 is 0. The second-order valence-corrected chi connectivity index (χ2v) is 9.67. The Balaban J connectivity index is 1.86. The van der Waals surface area contributed by atoms with Crippen LogP contribution >= 0.6 is 0 Å². The third kappa shape index (κ3) is 6.79. The smallest absolute Gasteiger partial charge is 0.261 e. The molecule has 0 radical (unpaired) electrons. The van der Waals surface area contributed by atoms with Gasteiger partial charge in [-0.1, -0.05) is 78.8 Å². The molecule has 2 aromatic rings. The average Bonchev–Trinajstić information content (AvgIpc) is 2.68. The van der Waals surface area contributed by atoms with Crippen LogP contribution in [0.15, 0.2) is 48.5 Å². The topological polar surface area (TPSA) is 47.6 Å². The van der Waals surface area contributed by atoms with Crippen molar-refractivity contribution in [1.82, 2.24) is 5.32 Å². The van der Waals surface area contributed by atoms with Crippen LogP contribution in [-0.4, -0.2) is 25.2 Å². The lowest BCUT2D eigenvalue weighted by atomic mass is 9.86. The fourth-order valence-corrected chi connectivity index (χ4v) is 3.18. The van der Waals surface area contributed by atoms with Crippen LogP contribution in [0.25, 0.3) is 0 Å². The first-order chi connectivity index (χ1) is 14.0. The Hall–Kier alpha value is -2.49. The molecule has 1 N–H and O–H groups in total. The number of carbonyl (C=O) groups is 1. The van der Waals surface area contributed by atoms with Gasteiger partial charge in [0.05, 0.1) is 6.54 Å². The van der Waals surface area contributed by atoms with Gasteiger partial charge in [-0.05, 0) is 46.6 Å². The largest absolute Gasteiger partial charge is 0.491 e. The highest BCUT2D eigenvalue weighted by molar-refractivity contribution is 5.81. The number of carbonyl (C=O) groups excluding carboxylic acids is 1. The van der Waals surface area contributed by atoms with Crippen LogP contribution in [0.1, 0.15) is 66.0 Å². The Kier molecular flexibility index (Phi) is 7.94. The third-order valence-electron chi connectivity index (χ3n) is 5.02. The molecule has 2 aromatic carbocycles. The Morgan fingerprint density at radius 2 is 1.57 bits per heavy atom. The zero-order chi connectivity index (χ0) is 22.4. The van der Waals surface area contributed by atoms with Crippen LogP contribution in [0.3, 0.4) is 0 Å². The van der Waals surface area contributed by atoms with Gasteiger partial charge in [-0.25, -0.2) is 0 Å². The number of ether oxygens (including phenoxy) is 2. The monoisotopic (exact) mass is 411 g/mol. The molecular weight excluding hydrogens is 374 g/mol. The van der Waals surface area contributed by atoms with Crippen molar-refractivity contribution in [3.63, 3.8) is 0 Å². The minimum Gasteiger partial charge on any atom is -0.491 e. The van der Waals surface area contributed by atoms with Gasteiger partial charge in [0.2, 0.25) is 0 Å². The molecule has 1 amide bonds.